The van der Waals surface area contributed by atoms with E-state index >= 15 is 0 Å². The first-order valence-corrected chi connectivity index (χ1v) is 11.3. The second-order valence-corrected chi connectivity index (χ2v) is 10.5. The second kappa shape index (κ2) is 7.09. The Labute approximate surface area is 153 Å². The van der Waals surface area contributed by atoms with Crippen LogP contribution in [0.4, 0.5) is 4.39 Å². The number of nitrogens with zero attached hydrogens (tertiary/aromatic N) is 1. The molecule has 140 valence electrons. The van der Waals surface area contributed by atoms with Crippen LogP contribution in [0.2, 0.25) is 0 Å². The topological polar surface area (TPSA) is 71.5 Å². The molecule has 0 radical (unpaired) electrons. The van der Waals surface area contributed by atoms with Crippen molar-refractivity contribution in [1.82, 2.24) is 4.31 Å². The Hall–Kier alpha value is -1.77. The third-order valence-electron chi connectivity index (χ3n) is 4.50. The zero-order valence-corrected chi connectivity index (χ0v) is 15.9. The van der Waals surface area contributed by atoms with Crippen LogP contribution in [0.15, 0.2) is 58.3 Å². The zero-order valence-electron chi connectivity index (χ0n) is 14.3. The van der Waals surface area contributed by atoms with Crippen molar-refractivity contribution in [2.45, 2.75) is 34.8 Å². The first-order chi connectivity index (χ1) is 12.2. The van der Waals surface area contributed by atoms with Gasteiger partial charge in [-0.2, -0.15) is 4.31 Å². The molecule has 26 heavy (non-hydrogen) atoms. The predicted molar refractivity (Wildman–Crippen MR) is 96.6 cm³/mol. The van der Waals surface area contributed by atoms with Crippen LogP contribution in [-0.2, 0) is 26.3 Å². The molecule has 0 unspecified atom stereocenters. The van der Waals surface area contributed by atoms with E-state index in [1.807, 2.05) is 6.92 Å². The van der Waals surface area contributed by atoms with E-state index in [1.165, 1.54) is 12.1 Å². The normalized spacial score (nSPS) is 16.4. The SMILES string of the molecule is CCCc1ccc(S(=O)(=O)N2CC(S(=O)(=O)c3ccc(F)cc3)C2)cc1. The van der Waals surface area contributed by atoms with E-state index in [4.69, 9.17) is 0 Å². The number of sulfone groups is 1. The highest BCUT2D eigenvalue weighted by atomic mass is 32.2. The third-order valence-corrected chi connectivity index (χ3v) is 8.45. The van der Waals surface area contributed by atoms with E-state index in [-0.39, 0.29) is 22.9 Å². The highest BCUT2D eigenvalue weighted by Crippen LogP contribution is 2.29. The quantitative estimate of drug-likeness (QED) is 0.703. The van der Waals surface area contributed by atoms with Crippen LogP contribution in [0, 0.1) is 5.82 Å². The molecule has 0 bridgehead atoms. The average Bonchev–Trinajstić information content (AvgIpc) is 2.54. The standard InChI is InChI=1S/C18H20FNO4S2/c1-2-3-14-4-8-17(9-5-14)26(23,24)20-12-18(13-20)25(21,22)16-10-6-15(19)7-11-16/h4-11,18H,2-3,12-13H2,1H3. The van der Waals surface area contributed by atoms with Gasteiger partial charge in [0.15, 0.2) is 9.84 Å². The van der Waals surface area contributed by atoms with Crippen LogP contribution in [0.1, 0.15) is 18.9 Å². The molecule has 2 aromatic carbocycles. The fourth-order valence-electron chi connectivity index (χ4n) is 2.88. The van der Waals surface area contributed by atoms with Gasteiger partial charge in [-0.25, -0.2) is 21.2 Å². The number of aryl methyl sites for hydroxylation is 1. The van der Waals surface area contributed by atoms with Crippen LogP contribution in [0.5, 0.6) is 0 Å². The van der Waals surface area contributed by atoms with Crippen molar-refractivity contribution < 1.29 is 21.2 Å². The molecule has 8 heteroatoms. The number of hydrogen-bond donors (Lipinski definition) is 0. The van der Waals surface area contributed by atoms with E-state index < -0.39 is 30.9 Å². The first kappa shape index (κ1) is 19.0. The van der Waals surface area contributed by atoms with Crippen molar-refractivity contribution in [3.8, 4) is 0 Å². The van der Waals surface area contributed by atoms with Gasteiger partial charge in [-0.15, -0.1) is 0 Å². The first-order valence-electron chi connectivity index (χ1n) is 8.33. The summed E-state index contributed by atoms with van der Waals surface area (Å²) in [6, 6.07) is 11.2. The Morgan fingerprint density at radius 2 is 1.46 bits per heavy atom. The van der Waals surface area contributed by atoms with E-state index in [1.54, 1.807) is 24.3 Å². The predicted octanol–water partition coefficient (Wildman–Crippen LogP) is 2.63. The summed E-state index contributed by atoms with van der Waals surface area (Å²) >= 11 is 0. The van der Waals surface area contributed by atoms with Crippen molar-refractivity contribution >= 4 is 19.9 Å². The van der Waals surface area contributed by atoms with E-state index in [0.717, 1.165) is 34.8 Å². The summed E-state index contributed by atoms with van der Waals surface area (Å²) in [5.74, 6) is -0.520. The molecule has 0 aromatic heterocycles. The summed E-state index contributed by atoms with van der Waals surface area (Å²) in [7, 11) is -7.39. The van der Waals surface area contributed by atoms with Crippen LogP contribution in [-0.4, -0.2) is 39.5 Å². The summed E-state index contributed by atoms with van der Waals surface area (Å²) in [5, 5.41) is -0.817. The molecular weight excluding hydrogens is 377 g/mol. The largest absolute Gasteiger partial charge is 0.243 e. The number of rotatable bonds is 6. The molecule has 0 amide bonds. The Kier molecular flexibility index (Phi) is 5.18. The lowest BCUT2D eigenvalue weighted by atomic mass is 10.1. The minimum Gasteiger partial charge on any atom is -0.223 e. The Morgan fingerprint density at radius 1 is 0.923 bits per heavy atom. The molecule has 3 rings (SSSR count). The second-order valence-electron chi connectivity index (χ2n) is 6.34. The molecule has 0 atom stereocenters. The minimum atomic E-state index is -3.71. The highest BCUT2D eigenvalue weighted by molar-refractivity contribution is 7.92. The van der Waals surface area contributed by atoms with Crippen molar-refractivity contribution in [2.24, 2.45) is 0 Å². The smallest absolute Gasteiger partial charge is 0.223 e. The monoisotopic (exact) mass is 397 g/mol. The highest BCUT2D eigenvalue weighted by Gasteiger charge is 2.44. The van der Waals surface area contributed by atoms with Gasteiger partial charge in [-0.3, -0.25) is 0 Å². The lowest BCUT2D eigenvalue weighted by Gasteiger charge is -2.37. The van der Waals surface area contributed by atoms with Crippen LogP contribution >= 0.6 is 0 Å². The Morgan fingerprint density at radius 3 is 2.00 bits per heavy atom. The molecule has 1 fully saturated rings. The van der Waals surface area contributed by atoms with Crippen molar-refractivity contribution in [3.63, 3.8) is 0 Å². The van der Waals surface area contributed by atoms with Gasteiger partial charge in [0, 0.05) is 13.1 Å². The molecule has 2 aromatic rings. The molecule has 1 saturated heterocycles. The van der Waals surface area contributed by atoms with Gasteiger partial charge in [-0.05, 0) is 48.4 Å². The number of hydrogen-bond acceptors (Lipinski definition) is 4. The van der Waals surface area contributed by atoms with Gasteiger partial charge in [0.1, 0.15) is 5.82 Å². The summed E-state index contributed by atoms with van der Waals surface area (Å²) in [5.41, 5.74) is 1.06. The lowest BCUT2D eigenvalue weighted by Crippen LogP contribution is -2.56. The molecule has 1 aliphatic heterocycles. The van der Waals surface area contributed by atoms with Crippen LogP contribution < -0.4 is 0 Å². The van der Waals surface area contributed by atoms with Crippen molar-refractivity contribution in [2.75, 3.05) is 13.1 Å². The van der Waals surface area contributed by atoms with E-state index in [0.29, 0.717) is 0 Å². The van der Waals surface area contributed by atoms with Gasteiger partial charge in [0.05, 0.1) is 15.0 Å². The van der Waals surface area contributed by atoms with E-state index in [2.05, 4.69) is 0 Å². The van der Waals surface area contributed by atoms with Crippen molar-refractivity contribution in [3.05, 3.63) is 59.9 Å². The molecule has 1 heterocycles. The molecule has 0 saturated carbocycles. The Bertz CT molecular complexity index is 978. The maximum absolute atomic E-state index is 13.0. The van der Waals surface area contributed by atoms with Crippen LogP contribution in [0.25, 0.3) is 0 Å². The molecule has 5 nitrogen and oxygen atoms in total. The third kappa shape index (κ3) is 3.54. The summed E-state index contributed by atoms with van der Waals surface area (Å²) < 4.78 is 64.4. The van der Waals surface area contributed by atoms with E-state index in [9.17, 15) is 21.2 Å². The van der Waals surface area contributed by atoms with Gasteiger partial charge < -0.3 is 0 Å². The summed E-state index contributed by atoms with van der Waals surface area (Å²) in [6.07, 6.45) is 1.85. The summed E-state index contributed by atoms with van der Waals surface area (Å²) in [6.45, 7) is 1.85. The van der Waals surface area contributed by atoms with Gasteiger partial charge in [0.2, 0.25) is 10.0 Å². The maximum atomic E-state index is 13.0. The average molecular weight is 397 g/mol. The number of sulfonamides is 1. The molecule has 0 aliphatic carbocycles. The maximum Gasteiger partial charge on any atom is 0.243 e. The molecule has 1 aliphatic rings. The van der Waals surface area contributed by atoms with Gasteiger partial charge in [-0.1, -0.05) is 25.5 Å². The number of benzene rings is 2. The van der Waals surface area contributed by atoms with Crippen molar-refractivity contribution in [1.29, 1.82) is 0 Å². The molecular formula is C18H20FNO4S2. The van der Waals surface area contributed by atoms with Gasteiger partial charge >= 0.3 is 0 Å². The number of halogens is 1. The summed E-state index contributed by atoms with van der Waals surface area (Å²) in [4.78, 5) is 0.167. The molecule has 0 spiro atoms. The fraction of sp³-hybridized carbons (Fsp3) is 0.333. The Balaban J connectivity index is 1.73. The minimum absolute atomic E-state index is 0.00451. The fourth-order valence-corrected chi connectivity index (χ4v) is 6.25. The van der Waals surface area contributed by atoms with Crippen LogP contribution in [0.3, 0.4) is 0 Å². The van der Waals surface area contributed by atoms with Gasteiger partial charge in [0.25, 0.3) is 0 Å². The zero-order chi connectivity index (χ0) is 18.9. The molecule has 0 N–H and O–H groups in total. The lowest BCUT2D eigenvalue weighted by molar-refractivity contribution is 0.309.